The molecule has 3 N–H and O–H groups in total. The van der Waals surface area contributed by atoms with Crippen LogP contribution in [0.2, 0.25) is 0 Å². The average molecular weight is 304 g/mol. The summed E-state index contributed by atoms with van der Waals surface area (Å²) in [5, 5.41) is 0. The summed E-state index contributed by atoms with van der Waals surface area (Å²) in [5.74, 6) is -0.746. The molecule has 1 rings (SSSR count). The van der Waals surface area contributed by atoms with Gasteiger partial charge >= 0.3 is 0 Å². The summed E-state index contributed by atoms with van der Waals surface area (Å²) in [6.45, 7) is 5.33. The first kappa shape index (κ1) is 16.0. The molecule has 0 aliphatic carbocycles. The van der Waals surface area contributed by atoms with Gasteiger partial charge in [-0.05, 0) is 32.4 Å². The Balaban J connectivity index is 3.38. The summed E-state index contributed by atoms with van der Waals surface area (Å²) >= 11 is 4.72. The van der Waals surface area contributed by atoms with E-state index in [1.807, 2.05) is 6.92 Å². The van der Waals surface area contributed by atoms with Gasteiger partial charge in [0, 0.05) is 5.54 Å². The van der Waals surface area contributed by atoms with Crippen molar-refractivity contribution in [3.63, 3.8) is 0 Å². The van der Waals surface area contributed by atoms with E-state index >= 15 is 0 Å². The first-order chi connectivity index (χ1) is 8.60. The van der Waals surface area contributed by atoms with Crippen molar-refractivity contribution < 1.29 is 12.8 Å². The predicted molar refractivity (Wildman–Crippen MR) is 77.0 cm³/mol. The van der Waals surface area contributed by atoms with Gasteiger partial charge in [0.1, 0.15) is 10.8 Å². The third-order valence-corrected chi connectivity index (χ3v) is 4.75. The zero-order valence-corrected chi connectivity index (χ0v) is 12.7. The molecule has 0 aliphatic heterocycles. The van der Waals surface area contributed by atoms with Crippen LogP contribution in [0.1, 0.15) is 32.8 Å². The van der Waals surface area contributed by atoms with Crippen LogP contribution in [0.5, 0.6) is 0 Å². The topological polar surface area (TPSA) is 72.2 Å². The number of hydrogen-bond donors (Lipinski definition) is 2. The van der Waals surface area contributed by atoms with E-state index in [9.17, 15) is 12.8 Å². The van der Waals surface area contributed by atoms with E-state index in [4.69, 9.17) is 18.0 Å². The molecule has 0 unspecified atom stereocenters. The molecule has 1 aromatic carbocycles. The Bertz CT molecular complexity index is 598. The number of benzene rings is 1. The standard InChI is InChI=1S/C12H17FN2O2S2/c1-4-12(2,3)15-19(16,17)9-7-5-6-8(13)10(9)11(14)18/h5-7,15H,4H2,1-3H3,(H2,14,18). The maximum atomic E-state index is 13.7. The van der Waals surface area contributed by atoms with Crippen molar-refractivity contribution in [3.8, 4) is 0 Å². The molecule has 4 nitrogen and oxygen atoms in total. The summed E-state index contributed by atoms with van der Waals surface area (Å²) in [4.78, 5) is -0.519. The molecule has 106 valence electrons. The van der Waals surface area contributed by atoms with E-state index in [-0.39, 0.29) is 15.4 Å². The smallest absolute Gasteiger partial charge is 0.241 e. The van der Waals surface area contributed by atoms with Crippen LogP contribution in [0.15, 0.2) is 23.1 Å². The predicted octanol–water partition coefficient (Wildman–Crippen LogP) is 1.93. The third kappa shape index (κ3) is 3.71. The third-order valence-electron chi connectivity index (χ3n) is 2.81. The van der Waals surface area contributed by atoms with Crippen molar-refractivity contribution in [3.05, 3.63) is 29.6 Å². The Kier molecular flexibility index (Phi) is 4.65. The minimum atomic E-state index is -3.89. The molecule has 0 fully saturated rings. The van der Waals surface area contributed by atoms with E-state index < -0.39 is 21.4 Å². The molecule has 0 spiro atoms. The van der Waals surface area contributed by atoms with E-state index in [0.717, 1.165) is 6.07 Å². The molecule has 0 saturated heterocycles. The highest BCUT2D eigenvalue weighted by atomic mass is 32.2. The second-order valence-corrected chi connectivity index (χ2v) is 6.91. The second kappa shape index (κ2) is 5.52. The van der Waals surface area contributed by atoms with Gasteiger partial charge in [0.15, 0.2) is 0 Å². The lowest BCUT2D eigenvalue weighted by atomic mass is 10.0. The van der Waals surface area contributed by atoms with E-state index in [1.54, 1.807) is 13.8 Å². The summed E-state index contributed by atoms with van der Waals surface area (Å²) in [6.07, 6.45) is 0.587. The SMILES string of the molecule is CCC(C)(C)NS(=O)(=O)c1cccc(F)c1C(N)=S. The molecule has 0 aromatic heterocycles. The molecule has 19 heavy (non-hydrogen) atoms. The van der Waals surface area contributed by atoms with Gasteiger partial charge in [0.2, 0.25) is 10.0 Å². The zero-order valence-electron chi connectivity index (χ0n) is 11.0. The molecule has 0 bridgehead atoms. The molecule has 0 saturated carbocycles. The van der Waals surface area contributed by atoms with Crippen LogP contribution in [0, 0.1) is 5.82 Å². The van der Waals surface area contributed by atoms with Gasteiger partial charge in [-0.1, -0.05) is 25.2 Å². The van der Waals surface area contributed by atoms with Crippen LogP contribution in [0.4, 0.5) is 4.39 Å². The lowest BCUT2D eigenvalue weighted by Crippen LogP contribution is -2.43. The van der Waals surface area contributed by atoms with Crippen LogP contribution in [-0.4, -0.2) is 18.9 Å². The number of thiocarbonyl (C=S) groups is 1. The molecule has 1 aromatic rings. The maximum absolute atomic E-state index is 13.7. The van der Waals surface area contributed by atoms with E-state index in [1.165, 1.54) is 12.1 Å². The zero-order chi connectivity index (χ0) is 14.8. The fourth-order valence-corrected chi connectivity index (χ4v) is 3.45. The summed E-state index contributed by atoms with van der Waals surface area (Å²) in [5.41, 5.74) is 4.51. The lowest BCUT2D eigenvalue weighted by molar-refractivity contribution is 0.439. The fourth-order valence-electron chi connectivity index (χ4n) is 1.46. The Hall–Kier alpha value is -1.05. The highest BCUT2D eigenvalue weighted by Gasteiger charge is 2.28. The molecule has 7 heteroatoms. The molecule has 0 aliphatic rings. The van der Waals surface area contributed by atoms with Gasteiger partial charge in [-0.3, -0.25) is 0 Å². The highest BCUT2D eigenvalue weighted by Crippen LogP contribution is 2.21. The quantitative estimate of drug-likeness (QED) is 0.815. The van der Waals surface area contributed by atoms with Crippen LogP contribution in [0.25, 0.3) is 0 Å². The minimum Gasteiger partial charge on any atom is -0.389 e. The van der Waals surface area contributed by atoms with Crippen LogP contribution < -0.4 is 10.5 Å². The van der Waals surface area contributed by atoms with Crippen molar-refractivity contribution in [2.45, 2.75) is 37.6 Å². The normalized spacial score (nSPS) is 12.4. The number of nitrogens with two attached hydrogens (primary N) is 1. The number of hydrogen-bond acceptors (Lipinski definition) is 3. The van der Waals surface area contributed by atoms with Gasteiger partial charge in [-0.15, -0.1) is 0 Å². The number of halogens is 1. The molecular formula is C12H17FN2O2S2. The molecule has 0 amide bonds. The molecule has 0 radical (unpaired) electrons. The first-order valence-electron chi connectivity index (χ1n) is 5.73. The van der Waals surface area contributed by atoms with Crippen molar-refractivity contribution in [1.82, 2.24) is 4.72 Å². The Labute approximate surface area is 118 Å². The van der Waals surface area contributed by atoms with E-state index in [2.05, 4.69) is 4.72 Å². The molecular weight excluding hydrogens is 287 g/mol. The van der Waals surface area contributed by atoms with E-state index in [0.29, 0.717) is 6.42 Å². The number of rotatable bonds is 5. The van der Waals surface area contributed by atoms with Gasteiger partial charge in [-0.25, -0.2) is 17.5 Å². The van der Waals surface area contributed by atoms with Gasteiger partial charge in [-0.2, -0.15) is 0 Å². The Morgan fingerprint density at radius 2 is 2.05 bits per heavy atom. The summed E-state index contributed by atoms with van der Waals surface area (Å²) in [7, 11) is -3.89. The van der Waals surface area contributed by atoms with Crippen LogP contribution in [0.3, 0.4) is 0 Å². The second-order valence-electron chi connectivity index (χ2n) is 4.82. The van der Waals surface area contributed by atoms with Crippen LogP contribution in [-0.2, 0) is 10.0 Å². The Morgan fingerprint density at radius 1 is 1.47 bits per heavy atom. The number of sulfonamides is 1. The van der Waals surface area contributed by atoms with Crippen molar-refractivity contribution in [2.24, 2.45) is 5.73 Å². The minimum absolute atomic E-state index is 0.235. The van der Waals surface area contributed by atoms with Crippen LogP contribution >= 0.6 is 12.2 Å². The van der Waals surface area contributed by atoms with Crippen molar-refractivity contribution >= 4 is 27.2 Å². The van der Waals surface area contributed by atoms with Gasteiger partial charge in [0.05, 0.1) is 10.5 Å². The molecule has 0 atom stereocenters. The van der Waals surface area contributed by atoms with Gasteiger partial charge < -0.3 is 5.73 Å². The number of nitrogens with one attached hydrogen (secondary N) is 1. The van der Waals surface area contributed by atoms with Gasteiger partial charge in [0.25, 0.3) is 0 Å². The average Bonchev–Trinajstić information content (AvgIpc) is 2.27. The summed E-state index contributed by atoms with van der Waals surface area (Å²) < 4.78 is 40.8. The van der Waals surface area contributed by atoms with Crippen molar-refractivity contribution in [1.29, 1.82) is 0 Å². The lowest BCUT2D eigenvalue weighted by Gasteiger charge is -2.24. The fraction of sp³-hybridized carbons (Fsp3) is 0.417. The summed E-state index contributed by atoms with van der Waals surface area (Å²) in [6, 6.07) is 3.72. The highest BCUT2D eigenvalue weighted by molar-refractivity contribution is 7.89. The Morgan fingerprint density at radius 3 is 2.53 bits per heavy atom. The van der Waals surface area contributed by atoms with Crippen molar-refractivity contribution in [2.75, 3.05) is 0 Å². The first-order valence-corrected chi connectivity index (χ1v) is 7.62. The maximum Gasteiger partial charge on any atom is 0.241 e. The monoisotopic (exact) mass is 304 g/mol. The molecule has 0 heterocycles. The largest absolute Gasteiger partial charge is 0.389 e.